The largest absolute Gasteiger partial charge is 0.481 e. The number of hydrogen-bond donors (Lipinski definition) is 1. The topological polar surface area (TPSA) is 55.1 Å². The number of aliphatic carboxylic acids is 1. The van der Waals surface area contributed by atoms with Crippen molar-refractivity contribution in [2.24, 2.45) is 7.05 Å². The van der Waals surface area contributed by atoms with E-state index in [0.717, 1.165) is 28.7 Å². The van der Waals surface area contributed by atoms with Gasteiger partial charge < -0.3 is 5.11 Å². The van der Waals surface area contributed by atoms with Crippen molar-refractivity contribution >= 4 is 21.9 Å². The third kappa shape index (κ3) is 1.45. The first-order chi connectivity index (χ1) is 6.59. The van der Waals surface area contributed by atoms with Crippen LogP contribution in [-0.4, -0.2) is 20.9 Å². The summed E-state index contributed by atoms with van der Waals surface area (Å²) >= 11 is 3.44. The molecule has 5 heteroatoms. The first-order valence-electron chi connectivity index (χ1n) is 4.52. The van der Waals surface area contributed by atoms with Gasteiger partial charge in [-0.25, -0.2) is 0 Å². The van der Waals surface area contributed by atoms with E-state index in [1.165, 1.54) is 0 Å². The zero-order chi connectivity index (χ0) is 10.3. The van der Waals surface area contributed by atoms with Gasteiger partial charge >= 0.3 is 5.97 Å². The van der Waals surface area contributed by atoms with Crippen LogP contribution in [0.5, 0.6) is 0 Å². The van der Waals surface area contributed by atoms with Crippen LogP contribution in [0.15, 0.2) is 4.60 Å². The molecule has 0 bridgehead atoms. The maximum absolute atomic E-state index is 10.6. The molecule has 0 spiro atoms. The molecule has 76 valence electrons. The molecule has 1 aliphatic carbocycles. The Labute approximate surface area is 90.0 Å². The summed E-state index contributed by atoms with van der Waals surface area (Å²) in [5, 5.41) is 13.1. The number of carboxylic acids is 1. The Morgan fingerprint density at radius 1 is 1.79 bits per heavy atom. The van der Waals surface area contributed by atoms with Crippen LogP contribution in [0.2, 0.25) is 0 Å². The Balaban J connectivity index is 2.32. The van der Waals surface area contributed by atoms with Crippen molar-refractivity contribution in [1.82, 2.24) is 9.78 Å². The lowest BCUT2D eigenvalue weighted by Gasteiger charge is -2.07. The van der Waals surface area contributed by atoms with Crippen molar-refractivity contribution in [1.29, 1.82) is 0 Å². The van der Waals surface area contributed by atoms with Gasteiger partial charge in [-0.2, -0.15) is 5.10 Å². The SMILES string of the molecule is Cn1nc2c(c1Br)C(CC(=O)O)CC2. The van der Waals surface area contributed by atoms with Crippen LogP contribution in [0.1, 0.15) is 30.0 Å². The molecule has 0 aromatic carbocycles. The van der Waals surface area contributed by atoms with Gasteiger partial charge in [0.2, 0.25) is 0 Å². The van der Waals surface area contributed by atoms with Gasteiger partial charge in [0.15, 0.2) is 0 Å². The fourth-order valence-electron chi connectivity index (χ4n) is 2.03. The summed E-state index contributed by atoms with van der Waals surface area (Å²) in [5.41, 5.74) is 2.14. The van der Waals surface area contributed by atoms with Crippen molar-refractivity contribution in [3.8, 4) is 0 Å². The minimum Gasteiger partial charge on any atom is -0.481 e. The summed E-state index contributed by atoms with van der Waals surface area (Å²) in [6, 6.07) is 0. The molecule has 1 aromatic heterocycles. The standard InChI is InChI=1S/C9H11BrN2O2/c1-12-9(10)8-5(4-7(13)14)2-3-6(8)11-12/h5H,2-4H2,1H3,(H,13,14). The lowest BCUT2D eigenvalue weighted by atomic mass is 10.0. The first kappa shape index (κ1) is 9.71. The van der Waals surface area contributed by atoms with Gasteiger partial charge in [-0.15, -0.1) is 0 Å². The predicted molar refractivity (Wildman–Crippen MR) is 54.2 cm³/mol. The quantitative estimate of drug-likeness (QED) is 0.879. The smallest absolute Gasteiger partial charge is 0.303 e. The zero-order valence-electron chi connectivity index (χ0n) is 7.83. The lowest BCUT2D eigenvalue weighted by molar-refractivity contribution is -0.137. The minimum absolute atomic E-state index is 0.130. The number of aromatic nitrogens is 2. The van der Waals surface area contributed by atoms with Crippen LogP contribution in [0.25, 0.3) is 0 Å². The second-order valence-electron chi connectivity index (χ2n) is 3.61. The molecule has 2 rings (SSSR count). The Kier molecular flexibility index (Phi) is 2.34. The van der Waals surface area contributed by atoms with Crippen molar-refractivity contribution in [2.75, 3.05) is 0 Å². The zero-order valence-corrected chi connectivity index (χ0v) is 9.41. The van der Waals surface area contributed by atoms with E-state index in [-0.39, 0.29) is 12.3 Å². The first-order valence-corrected chi connectivity index (χ1v) is 5.32. The second-order valence-corrected chi connectivity index (χ2v) is 4.36. The van der Waals surface area contributed by atoms with Crippen LogP contribution in [0.3, 0.4) is 0 Å². The number of hydrogen-bond acceptors (Lipinski definition) is 2. The molecule has 4 nitrogen and oxygen atoms in total. The molecule has 1 atom stereocenters. The number of rotatable bonds is 2. The fourth-order valence-corrected chi connectivity index (χ4v) is 2.66. The summed E-state index contributed by atoms with van der Waals surface area (Å²) in [7, 11) is 1.86. The third-order valence-corrected chi connectivity index (χ3v) is 3.59. The van der Waals surface area contributed by atoms with Gasteiger partial charge in [0.1, 0.15) is 4.60 Å². The highest BCUT2D eigenvalue weighted by Gasteiger charge is 2.30. The highest BCUT2D eigenvalue weighted by molar-refractivity contribution is 9.10. The van der Waals surface area contributed by atoms with E-state index < -0.39 is 5.97 Å². The summed E-state index contributed by atoms with van der Waals surface area (Å²) < 4.78 is 2.69. The number of aryl methyl sites for hydroxylation is 2. The molecule has 0 amide bonds. The number of carboxylic acid groups (broad SMARTS) is 1. The van der Waals surface area contributed by atoms with Crippen LogP contribution in [0, 0.1) is 0 Å². The van der Waals surface area contributed by atoms with E-state index in [9.17, 15) is 4.79 Å². The minimum atomic E-state index is -0.737. The van der Waals surface area contributed by atoms with Gasteiger partial charge in [-0.3, -0.25) is 9.48 Å². The predicted octanol–water partition coefficient (Wildman–Crippen LogP) is 1.69. The van der Waals surface area contributed by atoms with E-state index >= 15 is 0 Å². The molecule has 0 fully saturated rings. The fraction of sp³-hybridized carbons (Fsp3) is 0.556. The van der Waals surface area contributed by atoms with E-state index in [1.54, 1.807) is 4.68 Å². The highest BCUT2D eigenvalue weighted by Crippen LogP contribution is 2.39. The van der Waals surface area contributed by atoms with Crippen LogP contribution >= 0.6 is 15.9 Å². The van der Waals surface area contributed by atoms with Gasteiger partial charge in [0.25, 0.3) is 0 Å². The Morgan fingerprint density at radius 3 is 3.14 bits per heavy atom. The molecule has 1 aliphatic rings. The number of carbonyl (C=O) groups is 1. The van der Waals surface area contributed by atoms with Gasteiger partial charge in [-0.1, -0.05) is 0 Å². The van der Waals surface area contributed by atoms with Crippen LogP contribution in [0.4, 0.5) is 0 Å². The Hall–Kier alpha value is -0.840. The van der Waals surface area contributed by atoms with Crippen molar-refractivity contribution in [2.45, 2.75) is 25.2 Å². The van der Waals surface area contributed by atoms with Gasteiger partial charge in [-0.05, 0) is 34.7 Å². The molecule has 0 saturated heterocycles. The van der Waals surface area contributed by atoms with E-state index in [1.807, 2.05) is 7.05 Å². The maximum Gasteiger partial charge on any atom is 0.303 e. The van der Waals surface area contributed by atoms with E-state index in [2.05, 4.69) is 21.0 Å². The summed E-state index contributed by atoms with van der Waals surface area (Å²) in [5.74, 6) is -0.607. The Bertz CT molecular complexity index is 386. The lowest BCUT2D eigenvalue weighted by Crippen LogP contribution is -2.04. The normalized spacial score (nSPS) is 19.7. The summed E-state index contributed by atoms with van der Waals surface area (Å²) in [6.45, 7) is 0. The number of fused-ring (bicyclic) bond motifs is 1. The molecule has 1 unspecified atom stereocenters. The molecule has 1 aromatic rings. The molecule has 0 radical (unpaired) electrons. The summed E-state index contributed by atoms with van der Waals surface area (Å²) in [4.78, 5) is 10.6. The van der Waals surface area contributed by atoms with Gasteiger partial charge in [0, 0.05) is 12.6 Å². The van der Waals surface area contributed by atoms with Crippen LogP contribution in [-0.2, 0) is 18.3 Å². The second kappa shape index (κ2) is 3.38. The number of nitrogens with zero attached hydrogens (tertiary/aromatic N) is 2. The number of halogens is 1. The molecule has 1 heterocycles. The highest BCUT2D eigenvalue weighted by atomic mass is 79.9. The molecule has 1 N–H and O–H groups in total. The van der Waals surface area contributed by atoms with Crippen molar-refractivity contribution in [3.05, 3.63) is 15.9 Å². The van der Waals surface area contributed by atoms with E-state index in [0.29, 0.717) is 0 Å². The van der Waals surface area contributed by atoms with Gasteiger partial charge in [0.05, 0.1) is 12.1 Å². The molecular weight excluding hydrogens is 248 g/mol. The molecule has 14 heavy (non-hydrogen) atoms. The van der Waals surface area contributed by atoms with Crippen molar-refractivity contribution < 1.29 is 9.90 Å². The average molecular weight is 259 g/mol. The third-order valence-electron chi connectivity index (χ3n) is 2.65. The Morgan fingerprint density at radius 2 is 2.50 bits per heavy atom. The monoisotopic (exact) mass is 258 g/mol. The van der Waals surface area contributed by atoms with Crippen LogP contribution < -0.4 is 0 Å². The summed E-state index contributed by atoms with van der Waals surface area (Å²) in [6.07, 6.45) is 2.01. The molecular formula is C9H11BrN2O2. The maximum atomic E-state index is 10.6. The van der Waals surface area contributed by atoms with E-state index in [4.69, 9.17) is 5.11 Å². The van der Waals surface area contributed by atoms with Crippen molar-refractivity contribution in [3.63, 3.8) is 0 Å². The molecule has 0 saturated carbocycles. The molecule has 0 aliphatic heterocycles. The average Bonchev–Trinajstić information content (AvgIpc) is 2.57.